The Hall–Kier alpha value is -1.03. The van der Waals surface area contributed by atoms with Crippen LogP contribution in [0.2, 0.25) is 0 Å². The summed E-state index contributed by atoms with van der Waals surface area (Å²) >= 11 is 0. The van der Waals surface area contributed by atoms with E-state index in [1.807, 2.05) is 6.20 Å². The normalized spacial score (nSPS) is 18.9. The molecule has 1 fully saturated rings. The van der Waals surface area contributed by atoms with Gasteiger partial charge in [0.15, 0.2) is 5.76 Å². The zero-order valence-electron chi connectivity index (χ0n) is 8.57. The number of hydrogen-bond acceptors (Lipinski definition) is 4. The summed E-state index contributed by atoms with van der Waals surface area (Å²) in [5.74, 6) is 0.987. The van der Waals surface area contributed by atoms with Crippen molar-refractivity contribution in [2.24, 2.45) is 5.73 Å². The molecule has 0 radical (unpaired) electrons. The first-order chi connectivity index (χ1) is 6.81. The maximum Gasteiger partial charge on any atom is 0.159 e. The van der Waals surface area contributed by atoms with E-state index in [-0.39, 0.29) is 0 Å². The average molecular weight is 195 g/mol. The average Bonchev–Trinajstić information content (AvgIpc) is 2.67. The summed E-state index contributed by atoms with van der Waals surface area (Å²) in [5, 5.41) is 3.84. The van der Waals surface area contributed by atoms with Crippen molar-refractivity contribution in [2.45, 2.75) is 32.2 Å². The zero-order valence-corrected chi connectivity index (χ0v) is 8.57. The number of nitrogens with zero attached hydrogens (tertiary/aromatic N) is 2. The van der Waals surface area contributed by atoms with Gasteiger partial charge in [-0.05, 0) is 12.8 Å². The van der Waals surface area contributed by atoms with E-state index in [4.69, 9.17) is 10.3 Å². The maximum atomic E-state index is 5.86. The second-order valence-corrected chi connectivity index (χ2v) is 3.81. The Balaban J connectivity index is 2.08. The Kier molecular flexibility index (Phi) is 2.72. The van der Waals surface area contributed by atoms with Crippen LogP contribution in [0.25, 0.3) is 0 Å². The minimum Gasteiger partial charge on any atom is -0.367 e. The van der Waals surface area contributed by atoms with Crippen molar-refractivity contribution in [1.29, 1.82) is 0 Å². The molecule has 1 aromatic rings. The molecule has 4 heteroatoms. The van der Waals surface area contributed by atoms with Crippen LogP contribution in [0.3, 0.4) is 0 Å². The third-order valence-corrected chi connectivity index (χ3v) is 2.82. The lowest BCUT2D eigenvalue weighted by Crippen LogP contribution is -2.39. The molecule has 0 saturated carbocycles. The van der Waals surface area contributed by atoms with Gasteiger partial charge in [-0.3, -0.25) is 0 Å². The minimum atomic E-state index is 0.371. The second-order valence-electron chi connectivity index (χ2n) is 3.81. The van der Waals surface area contributed by atoms with Crippen molar-refractivity contribution >= 4 is 5.69 Å². The number of piperidine rings is 1. The second kappa shape index (κ2) is 4.00. The van der Waals surface area contributed by atoms with Crippen LogP contribution in [0, 0.1) is 0 Å². The number of anilines is 1. The molecule has 2 heterocycles. The van der Waals surface area contributed by atoms with Gasteiger partial charge < -0.3 is 15.2 Å². The van der Waals surface area contributed by atoms with E-state index < -0.39 is 0 Å². The van der Waals surface area contributed by atoms with Gasteiger partial charge in [0, 0.05) is 25.6 Å². The van der Waals surface area contributed by atoms with E-state index in [1.165, 1.54) is 0 Å². The monoisotopic (exact) mass is 195 g/mol. The van der Waals surface area contributed by atoms with Gasteiger partial charge in [0.05, 0.1) is 6.20 Å². The Morgan fingerprint density at radius 1 is 1.57 bits per heavy atom. The number of rotatable bonds is 2. The SMILES string of the molecule is CCc1oncc1N1CCC(N)CC1. The van der Waals surface area contributed by atoms with Crippen molar-refractivity contribution in [3.05, 3.63) is 12.0 Å². The van der Waals surface area contributed by atoms with E-state index in [1.54, 1.807) is 0 Å². The lowest BCUT2D eigenvalue weighted by atomic mass is 10.1. The summed E-state index contributed by atoms with van der Waals surface area (Å²) in [6, 6.07) is 0.371. The van der Waals surface area contributed by atoms with Crippen molar-refractivity contribution in [2.75, 3.05) is 18.0 Å². The molecule has 1 aliphatic heterocycles. The minimum absolute atomic E-state index is 0.371. The lowest BCUT2D eigenvalue weighted by molar-refractivity contribution is 0.386. The molecule has 14 heavy (non-hydrogen) atoms. The van der Waals surface area contributed by atoms with E-state index in [0.29, 0.717) is 6.04 Å². The quantitative estimate of drug-likeness (QED) is 0.769. The molecule has 1 saturated heterocycles. The van der Waals surface area contributed by atoms with E-state index in [0.717, 1.165) is 43.8 Å². The van der Waals surface area contributed by atoms with Crippen LogP contribution in [0.4, 0.5) is 5.69 Å². The molecule has 2 N–H and O–H groups in total. The standard InChI is InChI=1S/C10H17N3O/c1-2-10-9(7-12-14-10)13-5-3-8(11)4-6-13/h7-8H,2-6,11H2,1H3. The maximum absolute atomic E-state index is 5.86. The Labute approximate surface area is 84.0 Å². The van der Waals surface area contributed by atoms with Crippen LogP contribution < -0.4 is 10.6 Å². The molecule has 2 rings (SSSR count). The Morgan fingerprint density at radius 2 is 2.29 bits per heavy atom. The smallest absolute Gasteiger partial charge is 0.159 e. The molecule has 0 atom stereocenters. The van der Waals surface area contributed by atoms with Gasteiger partial charge >= 0.3 is 0 Å². The highest BCUT2D eigenvalue weighted by molar-refractivity contribution is 5.48. The molecule has 0 bridgehead atoms. The summed E-state index contributed by atoms with van der Waals surface area (Å²) in [7, 11) is 0. The van der Waals surface area contributed by atoms with Gasteiger partial charge in [-0.1, -0.05) is 12.1 Å². The fourth-order valence-electron chi connectivity index (χ4n) is 1.90. The third-order valence-electron chi connectivity index (χ3n) is 2.82. The predicted octanol–water partition coefficient (Wildman–Crippen LogP) is 1.16. The molecule has 0 spiro atoms. The molecule has 0 aliphatic carbocycles. The first-order valence-corrected chi connectivity index (χ1v) is 5.25. The molecule has 0 amide bonds. The van der Waals surface area contributed by atoms with Crippen LogP contribution in [0.1, 0.15) is 25.5 Å². The van der Waals surface area contributed by atoms with Crippen LogP contribution in [-0.4, -0.2) is 24.3 Å². The van der Waals surface area contributed by atoms with Gasteiger partial charge in [0.1, 0.15) is 5.69 Å². The van der Waals surface area contributed by atoms with Crippen molar-refractivity contribution < 1.29 is 4.52 Å². The van der Waals surface area contributed by atoms with Crippen molar-refractivity contribution in [3.8, 4) is 0 Å². The van der Waals surface area contributed by atoms with E-state index in [9.17, 15) is 0 Å². The van der Waals surface area contributed by atoms with Crippen LogP contribution >= 0.6 is 0 Å². The molecule has 78 valence electrons. The fourth-order valence-corrected chi connectivity index (χ4v) is 1.90. The van der Waals surface area contributed by atoms with Gasteiger partial charge in [-0.2, -0.15) is 0 Å². The van der Waals surface area contributed by atoms with Crippen LogP contribution in [0.5, 0.6) is 0 Å². The summed E-state index contributed by atoms with van der Waals surface area (Å²) in [6.45, 7) is 4.13. The largest absolute Gasteiger partial charge is 0.367 e. The molecular formula is C10H17N3O. The number of aromatic nitrogens is 1. The number of hydrogen-bond donors (Lipinski definition) is 1. The van der Waals surface area contributed by atoms with Crippen molar-refractivity contribution in [3.63, 3.8) is 0 Å². The van der Waals surface area contributed by atoms with Gasteiger partial charge in [-0.15, -0.1) is 0 Å². The first kappa shape index (κ1) is 9.52. The fraction of sp³-hybridized carbons (Fsp3) is 0.700. The topological polar surface area (TPSA) is 55.3 Å². The summed E-state index contributed by atoms with van der Waals surface area (Å²) in [4.78, 5) is 2.32. The van der Waals surface area contributed by atoms with E-state index in [2.05, 4.69) is 17.0 Å². The van der Waals surface area contributed by atoms with Gasteiger partial charge in [-0.25, -0.2) is 0 Å². The zero-order chi connectivity index (χ0) is 9.97. The number of nitrogens with two attached hydrogens (primary N) is 1. The lowest BCUT2D eigenvalue weighted by Gasteiger charge is -2.31. The summed E-state index contributed by atoms with van der Waals surface area (Å²) < 4.78 is 5.17. The molecular weight excluding hydrogens is 178 g/mol. The number of aryl methyl sites for hydroxylation is 1. The predicted molar refractivity (Wildman–Crippen MR) is 55.3 cm³/mol. The molecule has 0 unspecified atom stereocenters. The Bertz CT molecular complexity index is 289. The Morgan fingerprint density at radius 3 is 2.93 bits per heavy atom. The van der Waals surface area contributed by atoms with Crippen LogP contribution in [-0.2, 0) is 6.42 Å². The molecule has 4 nitrogen and oxygen atoms in total. The highest BCUT2D eigenvalue weighted by atomic mass is 16.5. The summed E-state index contributed by atoms with van der Waals surface area (Å²) in [5.41, 5.74) is 7.01. The molecule has 1 aromatic heterocycles. The van der Waals surface area contributed by atoms with E-state index >= 15 is 0 Å². The van der Waals surface area contributed by atoms with Gasteiger partial charge in [0.2, 0.25) is 0 Å². The molecule has 0 aromatic carbocycles. The van der Waals surface area contributed by atoms with Crippen molar-refractivity contribution in [1.82, 2.24) is 5.16 Å². The first-order valence-electron chi connectivity index (χ1n) is 5.25. The molecule has 1 aliphatic rings. The van der Waals surface area contributed by atoms with Crippen LogP contribution in [0.15, 0.2) is 10.7 Å². The third kappa shape index (κ3) is 1.75. The highest BCUT2D eigenvalue weighted by Crippen LogP contribution is 2.23. The van der Waals surface area contributed by atoms with Gasteiger partial charge in [0.25, 0.3) is 0 Å². The highest BCUT2D eigenvalue weighted by Gasteiger charge is 2.20. The summed E-state index contributed by atoms with van der Waals surface area (Å²) in [6.07, 6.45) is 4.84.